The molecule has 25 heavy (non-hydrogen) atoms. The summed E-state index contributed by atoms with van der Waals surface area (Å²) in [6.07, 6.45) is 3.06. The first-order chi connectivity index (χ1) is 12.0. The zero-order chi connectivity index (χ0) is 17.9. The number of nitrogens with one attached hydrogen (secondary N) is 1. The van der Waals surface area contributed by atoms with E-state index in [1.54, 1.807) is 23.5 Å². The Hall–Kier alpha value is -1.44. The molecule has 0 unspecified atom stereocenters. The second-order valence-corrected chi connectivity index (χ2v) is 9.29. The van der Waals surface area contributed by atoms with Gasteiger partial charge in [0.05, 0.1) is 10.6 Å². The fourth-order valence-electron chi connectivity index (χ4n) is 2.89. The summed E-state index contributed by atoms with van der Waals surface area (Å²) in [5, 5.41) is 3.08. The van der Waals surface area contributed by atoms with Crippen LogP contribution in [0.3, 0.4) is 0 Å². The van der Waals surface area contributed by atoms with Gasteiger partial charge in [0.2, 0.25) is 10.0 Å². The van der Waals surface area contributed by atoms with Gasteiger partial charge in [0.25, 0.3) is 0 Å². The fourth-order valence-corrected chi connectivity index (χ4v) is 4.84. The first-order valence-corrected chi connectivity index (χ1v) is 11.1. The van der Waals surface area contributed by atoms with E-state index >= 15 is 0 Å². The van der Waals surface area contributed by atoms with E-state index in [4.69, 9.17) is 0 Å². The molecule has 2 aromatic rings. The Morgan fingerprint density at radius 2 is 1.88 bits per heavy atom. The smallest absolute Gasteiger partial charge is 0.240 e. The van der Waals surface area contributed by atoms with E-state index in [9.17, 15) is 8.42 Å². The minimum Gasteiger partial charge on any atom is -0.348 e. The first kappa shape index (κ1) is 18.4. The number of benzene rings is 1. The number of thiazole rings is 1. The van der Waals surface area contributed by atoms with Crippen molar-refractivity contribution < 1.29 is 8.42 Å². The molecule has 2 heterocycles. The van der Waals surface area contributed by atoms with Crippen molar-refractivity contribution in [3.63, 3.8) is 0 Å². The second-order valence-electron chi connectivity index (χ2n) is 6.69. The minimum atomic E-state index is -3.47. The highest BCUT2D eigenvalue weighted by molar-refractivity contribution is 7.89. The third-order valence-electron chi connectivity index (χ3n) is 4.45. The van der Waals surface area contributed by atoms with Crippen LogP contribution in [0.25, 0.3) is 0 Å². The second kappa shape index (κ2) is 7.85. The van der Waals surface area contributed by atoms with Gasteiger partial charge < -0.3 is 4.90 Å². The summed E-state index contributed by atoms with van der Waals surface area (Å²) in [6, 6.07) is 7.10. The summed E-state index contributed by atoms with van der Waals surface area (Å²) in [7, 11) is -3.47. The molecule has 0 bridgehead atoms. The third-order valence-corrected chi connectivity index (χ3v) is 6.87. The lowest BCUT2D eigenvalue weighted by atomic mass is 10.0. The Labute approximate surface area is 154 Å². The summed E-state index contributed by atoms with van der Waals surface area (Å²) < 4.78 is 27.4. The predicted molar refractivity (Wildman–Crippen MR) is 103 cm³/mol. The molecule has 1 aromatic carbocycles. The molecule has 0 atom stereocenters. The van der Waals surface area contributed by atoms with Gasteiger partial charge in [-0.25, -0.2) is 18.1 Å². The van der Waals surface area contributed by atoms with Gasteiger partial charge in [-0.05, 0) is 36.5 Å². The van der Waals surface area contributed by atoms with Gasteiger partial charge in [-0.15, -0.1) is 11.3 Å². The molecule has 7 heteroatoms. The summed E-state index contributed by atoms with van der Waals surface area (Å²) in [5.74, 6) is 0.388. The number of aromatic nitrogens is 1. The highest BCUT2D eigenvalue weighted by atomic mass is 32.2. The first-order valence-electron chi connectivity index (χ1n) is 8.75. The molecule has 136 valence electrons. The Bertz CT molecular complexity index is 792. The Morgan fingerprint density at radius 1 is 1.20 bits per heavy atom. The normalized spacial score (nSPS) is 15.2. The molecule has 0 radical (unpaired) electrons. The average Bonchev–Trinajstić information content (AvgIpc) is 3.26. The van der Waals surface area contributed by atoms with Gasteiger partial charge >= 0.3 is 0 Å². The predicted octanol–water partition coefficient (Wildman–Crippen LogP) is 3.39. The molecule has 0 amide bonds. The van der Waals surface area contributed by atoms with E-state index in [0.29, 0.717) is 23.8 Å². The van der Waals surface area contributed by atoms with Gasteiger partial charge in [-0.2, -0.15) is 0 Å². The van der Waals surface area contributed by atoms with Crippen molar-refractivity contribution in [2.75, 3.05) is 24.5 Å². The topological polar surface area (TPSA) is 62.3 Å². The van der Waals surface area contributed by atoms with Crippen LogP contribution in [0.4, 0.5) is 5.13 Å². The number of anilines is 1. The zero-order valence-electron chi connectivity index (χ0n) is 14.7. The lowest BCUT2D eigenvalue weighted by molar-refractivity contribution is 0.581. The van der Waals surface area contributed by atoms with Gasteiger partial charge in [-0.1, -0.05) is 26.0 Å². The molecule has 3 rings (SSSR count). The summed E-state index contributed by atoms with van der Waals surface area (Å²) >= 11 is 1.64. The van der Waals surface area contributed by atoms with Gasteiger partial charge in [0, 0.05) is 31.4 Å². The van der Waals surface area contributed by atoms with Crippen LogP contribution in [-0.4, -0.2) is 33.0 Å². The fraction of sp³-hybridized carbons (Fsp3) is 0.500. The Balaban J connectivity index is 1.55. The molecule has 1 N–H and O–H groups in total. The molecule has 0 aliphatic carbocycles. The van der Waals surface area contributed by atoms with Crippen LogP contribution >= 0.6 is 11.3 Å². The molecule has 1 fully saturated rings. The van der Waals surface area contributed by atoms with Gasteiger partial charge in [0.15, 0.2) is 5.13 Å². The molecule has 5 nitrogen and oxygen atoms in total. The minimum absolute atomic E-state index is 0.313. The van der Waals surface area contributed by atoms with Crippen LogP contribution in [0.2, 0.25) is 0 Å². The summed E-state index contributed by atoms with van der Waals surface area (Å²) in [5.41, 5.74) is 2.08. The number of hydrogen-bond donors (Lipinski definition) is 1. The van der Waals surface area contributed by atoms with Crippen LogP contribution in [0.1, 0.15) is 43.9 Å². The van der Waals surface area contributed by atoms with Crippen molar-refractivity contribution in [1.29, 1.82) is 0 Å². The van der Waals surface area contributed by atoms with E-state index in [2.05, 4.69) is 28.5 Å². The maximum Gasteiger partial charge on any atom is 0.240 e. The van der Waals surface area contributed by atoms with Crippen LogP contribution in [-0.2, 0) is 16.4 Å². The Kier molecular flexibility index (Phi) is 5.76. The number of hydrogen-bond acceptors (Lipinski definition) is 5. The van der Waals surface area contributed by atoms with Crippen molar-refractivity contribution in [2.45, 2.75) is 43.9 Å². The van der Waals surface area contributed by atoms with E-state index in [1.165, 1.54) is 12.8 Å². The molecule has 0 spiro atoms. The molecular formula is C18H25N3O2S2. The molecular weight excluding hydrogens is 354 g/mol. The van der Waals surface area contributed by atoms with E-state index in [0.717, 1.165) is 29.5 Å². The van der Waals surface area contributed by atoms with Crippen molar-refractivity contribution in [3.8, 4) is 0 Å². The molecule has 1 aliphatic rings. The van der Waals surface area contributed by atoms with E-state index in [-0.39, 0.29) is 0 Å². The number of rotatable bonds is 7. The van der Waals surface area contributed by atoms with Crippen LogP contribution in [0.15, 0.2) is 34.5 Å². The maximum atomic E-state index is 12.4. The zero-order valence-corrected chi connectivity index (χ0v) is 16.4. The highest BCUT2D eigenvalue weighted by Crippen LogP contribution is 2.24. The lowest BCUT2D eigenvalue weighted by Crippen LogP contribution is -2.26. The third kappa shape index (κ3) is 4.59. The SMILES string of the molecule is CC(C)c1ccc(S(=O)(=O)NCCc2csc(N3CCCC3)n2)cc1. The van der Waals surface area contributed by atoms with Crippen LogP contribution < -0.4 is 9.62 Å². The lowest BCUT2D eigenvalue weighted by Gasteiger charge is -2.12. The van der Waals surface area contributed by atoms with Crippen molar-refractivity contribution in [3.05, 3.63) is 40.9 Å². The van der Waals surface area contributed by atoms with Gasteiger partial charge in [0.1, 0.15) is 0 Å². The quantitative estimate of drug-likeness (QED) is 0.801. The molecule has 1 aliphatic heterocycles. The number of nitrogens with zero attached hydrogens (tertiary/aromatic N) is 2. The Morgan fingerprint density at radius 3 is 2.52 bits per heavy atom. The van der Waals surface area contributed by atoms with E-state index < -0.39 is 10.0 Å². The van der Waals surface area contributed by atoms with Gasteiger partial charge in [-0.3, -0.25) is 0 Å². The number of sulfonamides is 1. The molecule has 1 aromatic heterocycles. The van der Waals surface area contributed by atoms with Crippen molar-refractivity contribution >= 4 is 26.5 Å². The maximum absolute atomic E-state index is 12.4. The van der Waals surface area contributed by atoms with E-state index in [1.807, 2.05) is 17.5 Å². The standard InChI is InChI=1S/C18H25N3O2S2/c1-14(2)15-5-7-17(8-6-15)25(22,23)19-10-9-16-13-24-18(20-16)21-11-3-4-12-21/h5-8,13-14,19H,3-4,9-12H2,1-2H3. The monoisotopic (exact) mass is 379 g/mol. The summed E-state index contributed by atoms with van der Waals surface area (Å²) in [6.45, 7) is 6.69. The van der Waals surface area contributed by atoms with Crippen molar-refractivity contribution in [1.82, 2.24) is 9.71 Å². The summed E-state index contributed by atoms with van der Waals surface area (Å²) in [4.78, 5) is 7.24. The molecule has 1 saturated heterocycles. The average molecular weight is 380 g/mol. The highest BCUT2D eigenvalue weighted by Gasteiger charge is 2.17. The van der Waals surface area contributed by atoms with Crippen LogP contribution in [0.5, 0.6) is 0 Å². The van der Waals surface area contributed by atoms with Crippen LogP contribution in [0, 0.1) is 0 Å². The largest absolute Gasteiger partial charge is 0.348 e. The van der Waals surface area contributed by atoms with Crippen molar-refractivity contribution in [2.24, 2.45) is 0 Å². The molecule has 0 saturated carbocycles.